The van der Waals surface area contributed by atoms with Crippen LogP contribution in [0, 0.1) is 5.41 Å². The van der Waals surface area contributed by atoms with Crippen molar-refractivity contribution in [2.45, 2.75) is 104 Å². The summed E-state index contributed by atoms with van der Waals surface area (Å²) in [5, 5.41) is 0.368. The van der Waals surface area contributed by atoms with E-state index in [1.807, 2.05) is 13.8 Å². The maximum absolute atomic E-state index is 11.8. The first-order valence-electron chi connectivity index (χ1n) is 8.44. The van der Waals surface area contributed by atoms with Crippen molar-refractivity contribution in [1.29, 1.82) is 0 Å². The Labute approximate surface area is 139 Å². The minimum absolute atomic E-state index is 0.136. The number of hydrogen-bond donors (Lipinski definition) is 0. The lowest BCUT2D eigenvalue weighted by molar-refractivity contribution is -0.325. The van der Waals surface area contributed by atoms with Gasteiger partial charge in [0.2, 0.25) is 0 Å². The summed E-state index contributed by atoms with van der Waals surface area (Å²) in [6.45, 7) is 22.1. The largest absolute Gasteiger partial charge is 0.342 e. The third-order valence-electron chi connectivity index (χ3n) is 4.82. The smallest absolute Gasteiger partial charge is 0.298 e. The maximum atomic E-state index is 11.8. The molecule has 0 heterocycles. The molecule has 4 heteroatoms. The molecule has 0 aromatic rings. The first-order chi connectivity index (χ1) is 9.56. The van der Waals surface area contributed by atoms with Gasteiger partial charge in [-0.3, -0.25) is 4.89 Å². The van der Waals surface area contributed by atoms with E-state index < -0.39 is 13.7 Å². The van der Waals surface area contributed by atoms with Crippen molar-refractivity contribution in [2.75, 3.05) is 0 Å². The molecule has 0 aliphatic rings. The van der Waals surface area contributed by atoms with E-state index >= 15 is 0 Å². The molecule has 0 saturated carbocycles. The summed E-state index contributed by atoms with van der Waals surface area (Å²) in [5.41, 5.74) is -0.288. The maximum Gasteiger partial charge on any atom is 0.342 e. The normalized spacial score (nSPS) is 14.1. The van der Waals surface area contributed by atoms with Gasteiger partial charge in [-0.15, -0.1) is 0 Å². The van der Waals surface area contributed by atoms with Crippen LogP contribution in [0.15, 0.2) is 0 Å². The zero-order valence-corrected chi connectivity index (χ0v) is 17.6. The third-order valence-corrected chi connectivity index (χ3v) is 10.4. The molecule has 3 nitrogen and oxygen atoms in total. The topological polar surface area (TPSA) is 35.5 Å². The predicted octanol–water partition coefficient (Wildman–Crippen LogP) is 5.96. The lowest BCUT2D eigenvalue weighted by atomic mass is 9.91. The molecule has 0 saturated heterocycles. The Balaban J connectivity index is 4.28. The Hall–Kier alpha value is -0.353. The van der Waals surface area contributed by atoms with Crippen LogP contribution < -0.4 is 0 Å². The molecule has 0 radical (unpaired) electrons. The van der Waals surface area contributed by atoms with Gasteiger partial charge in [0.25, 0.3) is 0 Å². The monoisotopic (exact) mass is 330 g/mol. The zero-order valence-electron chi connectivity index (χ0n) is 16.6. The molecule has 0 unspecified atom stereocenters. The minimum atomic E-state index is -1.33. The molecule has 0 atom stereocenters. The van der Waals surface area contributed by atoms with E-state index in [0.29, 0.717) is 11.5 Å². The number of carbonyl (C=O) groups excluding carboxylic acids is 1. The van der Waals surface area contributed by atoms with Gasteiger partial charge in [-0.2, -0.15) is 4.89 Å². The van der Waals surface area contributed by atoms with E-state index in [-0.39, 0.29) is 11.4 Å². The van der Waals surface area contributed by atoms with Gasteiger partial charge in [-0.25, -0.2) is 4.79 Å². The highest BCUT2D eigenvalue weighted by atomic mass is 28.3. The van der Waals surface area contributed by atoms with Crippen molar-refractivity contribution in [3.8, 4) is 0 Å². The van der Waals surface area contributed by atoms with Crippen LogP contribution in [0.25, 0.3) is 0 Å². The van der Waals surface area contributed by atoms with Gasteiger partial charge in [0.1, 0.15) is 5.60 Å². The van der Waals surface area contributed by atoms with Crippen LogP contribution in [0.2, 0.25) is 24.2 Å². The molecule has 132 valence electrons. The van der Waals surface area contributed by atoms with Gasteiger partial charge in [0, 0.05) is 6.42 Å². The van der Waals surface area contributed by atoms with Crippen LogP contribution in [0.1, 0.15) is 74.7 Å². The fourth-order valence-corrected chi connectivity index (χ4v) is 3.69. The van der Waals surface area contributed by atoms with Crippen LogP contribution in [0.3, 0.4) is 0 Å². The van der Waals surface area contributed by atoms with Crippen LogP contribution in [0.5, 0.6) is 0 Å². The van der Waals surface area contributed by atoms with Crippen LogP contribution in [-0.2, 0) is 14.6 Å². The average Bonchev–Trinajstić information content (AvgIpc) is 2.29. The molecular formula is C18H38O3Si. The van der Waals surface area contributed by atoms with Crippen LogP contribution >= 0.6 is 0 Å². The van der Waals surface area contributed by atoms with Gasteiger partial charge in [0.05, 0.1) is 8.07 Å². The lowest BCUT2D eigenvalue weighted by Crippen LogP contribution is -2.39. The van der Waals surface area contributed by atoms with Gasteiger partial charge >= 0.3 is 5.97 Å². The van der Waals surface area contributed by atoms with Crippen LogP contribution in [-0.4, -0.2) is 19.6 Å². The zero-order chi connectivity index (χ0) is 17.8. The summed E-state index contributed by atoms with van der Waals surface area (Å²) in [6, 6.07) is 1.16. The van der Waals surface area contributed by atoms with Gasteiger partial charge in [0.15, 0.2) is 0 Å². The average molecular weight is 331 g/mol. The number of carbonyl (C=O) groups is 1. The first-order valence-corrected chi connectivity index (χ1v) is 11.7. The number of hydrogen-bond acceptors (Lipinski definition) is 3. The molecule has 0 rings (SSSR count). The van der Waals surface area contributed by atoms with E-state index in [1.165, 1.54) is 0 Å². The third kappa shape index (κ3) is 8.94. The standard InChI is InChI=1S/C18H38O3Si/c1-16(2,3)12-11-15(19)20-21-18(7,8)13-14-22(9,10)17(4,5)6/h11-14H2,1-10H3. The van der Waals surface area contributed by atoms with Crippen molar-refractivity contribution in [3.63, 3.8) is 0 Å². The molecular weight excluding hydrogens is 292 g/mol. The molecule has 0 aromatic carbocycles. The van der Waals surface area contributed by atoms with Crippen LogP contribution in [0.4, 0.5) is 0 Å². The van der Waals surface area contributed by atoms with Gasteiger partial charge in [-0.1, -0.05) is 60.7 Å². The lowest BCUT2D eigenvalue weighted by Gasteiger charge is -2.38. The molecule has 0 aliphatic carbocycles. The molecule has 0 fully saturated rings. The molecule has 0 spiro atoms. The Kier molecular flexibility index (Phi) is 7.36. The second-order valence-corrected chi connectivity index (χ2v) is 15.8. The van der Waals surface area contributed by atoms with E-state index in [2.05, 4.69) is 54.6 Å². The van der Waals surface area contributed by atoms with Gasteiger partial charge < -0.3 is 0 Å². The molecule has 0 N–H and O–H groups in total. The Morgan fingerprint density at radius 3 is 1.82 bits per heavy atom. The Morgan fingerprint density at radius 2 is 1.41 bits per heavy atom. The highest BCUT2D eigenvalue weighted by Crippen LogP contribution is 2.40. The summed E-state index contributed by atoms with van der Waals surface area (Å²) in [4.78, 5) is 22.2. The molecule has 22 heavy (non-hydrogen) atoms. The van der Waals surface area contributed by atoms with Crippen molar-refractivity contribution in [1.82, 2.24) is 0 Å². The summed E-state index contributed by atoms with van der Waals surface area (Å²) in [5.74, 6) is -0.268. The van der Waals surface area contributed by atoms with Crippen molar-refractivity contribution in [2.24, 2.45) is 5.41 Å². The highest BCUT2D eigenvalue weighted by Gasteiger charge is 2.37. The summed E-state index contributed by atoms with van der Waals surface area (Å²) in [7, 11) is -1.33. The van der Waals surface area contributed by atoms with Gasteiger partial charge in [-0.05, 0) is 37.1 Å². The summed E-state index contributed by atoms with van der Waals surface area (Å²) < 4.78 is 0. The molecule has 0 aromatic heterocycles. The first kappa shape index (κ1) is 21.6. The van der Waals surface area contributed by atoms with Crippen molar-refractivity contribution >= 4 is 14.0 Å². The molecule has 0 bridgehead atoms. The quantitative estimate of drug-likeness (QED) is 0.328. The minimum Gasteiger partial charge on any atom is -0.298 e. The van der Waals surface area contributed by atoms with E-state index in [1.54, 1.807) is 0 Å². The highest BCUT2D eigenvalue weighted by molar-refractivity contribution is 6.80. The fraction of sp³-hybridized carbons (Fsp3) is 0.944. The van der Waals surface area contributed by atoms with Crippen molar-refractivity contribution in [3.05, 3.63) is 0 Å². The molecule has 0 amide bonds. The van der Waals surface area contributed by atoms with E-state index in [9.17, 15) is 4.79 Å². The SMILES string of the molecule is CC(C)(C)CCC(=O)OOC(C)(C)CC[Si](C)(C)C(C)(C)C. The Morgan fingerprint density at radius 1 is 0.909 bits per heavy atom. The Bertz CT molecular complexity index is 360. The molecule has 0 aliphatic heterocycles. The van der Waals surface area contributed by atoms with E-state index in [4.69, 9.17) is 9.78 Å². The summed E-state index contributed by atoms with van der Waals surface area (Å²) in [6.07, 6.45) is 2.12. The fourth-order valence-electron chi connectivity index (χ4n) is 1.71. The predicted molar refractivity (Wildman–Crippen MR) is 96.6 cm³/mol. The second kappa shape index (κ2) is 7.48. The van der Waals surface area contributed by atoms with Crippen molar-refractivity contribution < 1.29 is 14.6 Å². The summed E-state index contributed by atoms with van der Waals surface area (Å²) >= 11 is 0. The number of rotatable bonds is 7. The second-order valence-electron chi connectivity index (χ2n) is 9.99. The van der Waals surface area contributed by atoms with E-state index in [0.717, 1.165) is 18.9 Å².